The van der Waals surface area contributed by atoms with E-state index in [-0.39, 0.29) is 0 Å². The minimum absolute atomic E-state index is 0.400. The van der Waals surface area contributed by atoms with Gasteiger partial charge in [0.25, 0.3) is 11.8 Å². The van der Waals surface area contributed by atoms with E-state index < -0.39 is 24.4 Å². The lowest BCUT2D eigenvalue weighted by atomic mass is 9.97. The molecule has 148 valence electrons. The van der Waals surface area contributed by atoms with Crippen molar-refractivity contribution >= 4 is 39.3 Å². The Balaban J connectivity index is 1.47. The molecule has 4 aromatic rings. The number of carbonyl (C=O) groups excluding carboxylic acids is 3. The van der Waals surface area contributed by atoms with Crippen molar-refractivity contribution < 1.29 is 19.1 Å². The highest BCUT2D eigenvalue weighted by Gasteiger charge is 2.17. The average Bonchev–Trinajstić information content (AvgIpc) is 2.79. The van der Waals surface area contributed by atoms with E-state index >= 15 is 0 Å². The molecule has 0 saturated carbocycles. The van der Waals surface area contributed by atoms with E-state index in [0.29, 0.717) is 11.1 Å². The first-order valence-electron chi connectivity index (χ1n) is 9.35. The molecule has 2 N–H and O–H groups in total. The summed E-state index contributed by atoms with van der Waals surface area (Å²) >= 11 is 0. The molecule has 6 nitrogen and oxygen atoms in total. The maximum absolute atomic E-state index is 12.8. The molecule has 0 saturated heterocycles. The van der Waals surface area contributed by atoms with Gasteiger partial charge in [0.2, 0.25) is 0 Å². The average molecular weight is 398 g/mol. The summed E-state index contributed by atoms with van der Waals surface area (Å²) in [5.74, 6) is -1.71. The fourth-order valence-corrected chi connectivity index (χ4v) is 3.26. The molecule has 0 aromatic heterocycles. The summed E-state index contributed by atoms with van der Waals surface area (Å²) in [5.41, 5.74) is 5.35. The fourth-order valence-electron chi connectivity index (χ4n) is 3.26. The lowest BCUT2D eigenvalue weighted by molar-refractivity contribution is -0.125. The zero-order valence-corrected chi connectivity index (χ0v) is 15.9. The molecule has 4 rings (SSSR count). The topological polar surface area (TPSA) is 84.5 Å². The number of esters is 1. The van der Waals surface area contributed by atoms with Gasteiger partial charge < -0.3 is 4.74 Å². The van der Waals surface area contributed by atoms with Gasteiger partial charge >= 0.3 is 5.97 Å². The number of nitrogens with one attached hydrogen (secondary N) is 2. The number of rotatable bonds is 4. The molecule has 0 fully saturated rings. The first kappa shape index (κ1) is 19.1. The van der Waals surface area contributed by atoms with Crippen LogP contribution < -0.4 is 10.9 Å². The highest BCUT2D eigenvalue weighted by molar-refractivity contribution is 6.16. The smallest absolute Gasteiger partial charge is 0.339 e. The molecule has 0 radical (unpaired) electrons. The van der Waals surface area contributed by atoms with Crippen LogP contribution in [-0.2, 0) is 9.53 Å². The van der Waals surface area contributed by atoms with Crippen LogP contribution in [0.15, 0.2) is 84.9 Å². The van der Waals surface area contributed by atoms with Gasteiger partial charge in [-0.25, -0.2) is 4.79 Å². The summed E-state index contributed by atoms with van der Waals surface area (Å²) in [6.45, 7) is -0.522. The minimum atomic E-state index is -0.642. The summed E-state index contributed by atoms with van der Waals surface area (Å²) < 4.78 is 5.24. The second-order valence-corrected chi connectivity index (χ2v) is 6.64. The van der Waals surface area contributed by atoms with Crippen molar-refractivity contribution in [3.63, 3.8) is 0 Å². The van der Waals surface area contributed by atoms with Crippen molar-refractivity contribution in [2.24, 2.45) is 0 Å². The Kier molecular flexibility index (Phi) is 5.39. The number of hydrazine groups is 1. The second-order valence-electron chi connectivity index (χ2n) is 6.64. The van der Waals surface area contributed by atoms with Crippen LogP contribution in [-0.4, -0.2) is 24.4 Å². The predicted octanol–water partition coefficient (Wildman–Crippen LogP) is 3.61. The van der Waals surface area contributed by atoms with E-state index in [1.807, 2.05) is 54.6 Å². The van der Waals surface area contributed by atoms with Crippen LogP contribution >= 0.6 is 0 Å². The summed E-state index contributed by atoms with van der Waals surface area (Å²) in [6.07, 6.45) is 0. The third kappa shape index (κ3) is 3.98. The number of ether oxygens (including phenoxy) is 1. The summed E-state index contributed by atoms with van der Waals surface area (Å²) in [4.78, 5) is 36.9. The Morgan fingerprint density at radius 2 is 1.27 bits per heavy atom. The molecule has 0 aliphatic heterocycles. The number of hydrogen-bond donors (Lipinski definition) is 2. The third-order valence-corrected chi connectivity index (χ3v) is 4.66. The van der Waals surface area contributed by atoms with Crippen molar-refractivity contribution in [2.75, 3.05) is 6.61 Å². The Morgan fingerprint density at radius 3 is 1.90 bits per heavy atom. The molecule has 0 unspecified atom stereocenters. The molecule has 0 aliphatic rings. The molecule has 0 atom stereocenters. The Bertz CT molecular complexity index is 1200. The quantitative estimate of drug-likeness (QED) is 0.312. The van der Waals surface area contributed by atoms with Crippen LogP contribution in [0, 0.1) is 0 Å². The van der Waals surface area contributed by atoms with E-state index in [2.05, 4.69) is 10.9 Å². The number of benzene rings is 4. The molecular formula is C24H18N2O4. The van der Waals surface area contributed by atoms with Crippen LogP contribution in [0.25, 0.3) is 21.5 Å². The molecule has 30 heavy (non-hydrogen) atoms. The first-order chi connectivity index (χ1) is 14.6. The van der Waals surface area contributed by atoms with Gasteiger partial charge in [0.15, 0.2) is 6.61 Å². The van der Waals surface area contributed by atoms with Gasteiger partial charge in [-0.3, -0.25) is 20.4 Å². The Hall–Kier alpha value is -4.19. The standard InChI is InChI=1S/C24H18N2O4/c27-21(25-26-23(28)16-8-2-1-3-9-16)15-30-24(29)22-19-12-6-4-10-17(19)14-18-11-5-7-13-20(18)22/h1-14H,15H2,(H,25,27)(H,26,28). The van der Waals surface area contributed by atoms with Crippen LogP contribution in [0.2, 0.25) is 0 Å². The van der Waals surface area contributed by atoms with Crippen molar-refractivity contribution in [3.8, 4) is 0 Å². The molecular weight excluding hydrogens is 380 g/mol. The summed E-state index contributed by atoms with van der Waals surface area (Å²) in [7, 11) is 0. The number of carbonyl (C=O) groups is 3. The van der Waals surface area contributed by atoms with Crippen LogP contribution in [0.1, 0.15) is 20.7 Å². The first-order valence-corrected chi connectivity index (χ1v) is 9.35. The molecule has 4 aromatic carbocycles. The normalized spacial score (nSPS) is 10.5. The lowest BCUT2D eigenvalue weighted by Crippen LogP contribution is -2.43. The van der Waals surface area contributed by atoms with Crippen LogP contribution in [0.4, 0.5) is 0 Å². The van der Waals surface area contributed by atoms with E-state index in [9.17, 15) is 14.4 Å². The van der Waals surface area contributed by atoms with E-state index in [0.717, 1.165) is 21.5 Å². The summed E-state index contributed by atoms with van der Waals surface area (Å²) in [5, 5.41) is 3.31. The molecule has 0 heterocycles. The Morgan fingerprint density at radius 1 is 0.700 bits per heavy atom. The SMILES string of the molecule is O=C(COC(=O)c1c2ccccc2cc2ccccc12)NNC(=O)c1ccccc1. The zero-order chi connectivity index (χ0) is 20.9. The van der Waals surface area contributed by atoms with Crippen molar-refractivity contribution in [1.29, 1.82) is 0 Å². The van der Waals surface area contributed by atoms with Gasteiger partial charge in [-0.1, -0.05) is 66.7 Å². The van der Waals surface area contributed by atoms with E-state index in [1.54, 1.807) is 30.3 Å². The van der Waals surface area contributed by atoms with Crippen molar-refractivity contribution in [3.05, 3.63) is 96.1 Å². The molecule has 0 spiro atoms. The highest BCUT2D eigenvalue weighted by atomic mass is 16.5. The van der Waals surface area contributed by atoms with Gasteiger partial charge in [0.05, 0.1) is 5.56 Å². The molecule has 0 aliphatic carbocycles. The monoisotopic (exact) mass is 398 g/mol. The maximum atomic E-state index is 12.8. The largest absolute Gasteiger partial charge is 0.452 e. The number of fused-ring (bicyclic) bond motifs is 2. The second kappa shape index (κ2) is 8.45. The van der Waals surface area contributed by atoms with E-state index in [1.165, 1.54) is 0 Å². The molecule has 6 heteroatoms. The third-order valence-electron chi connectivity index (χ3n) is 4.66. The van der Waals surface area contributed by atoms with Crippen LogP contribution in [0.5, 0.6) is 0 Å². The van der Waals surface area contributed by atoms with Crippen molar-refractivity contribution in [2.45, 2.75) is 0 Å². The van der Waals surface area contributed by atoms with Crippen molar-refractivity contribution in [1.82, 2.24) is 10.9 Å². The fraction of sp³-hybridized carbons (Fsp3) is 0.0417. The maximum Gasteiger partial charge on any atom is 0.339 e. The van der Waals surface area contributed by atoms with Gasteiger partial charge in [0.1, 0.15) is 0 Å². The highest BCUT2D eigenvalue weighted by Crippen LogP contribution is 2.29. The number of amides is 2. The van der Waals surface area contributed by atoms with E-state index in [4.69, 9.17) is 4.74 Å². The molecule has 2 amide bonds. The van der Waals surface area contributed by atoms with Gasteiger partial charge in [-0.05, 0) is 39.7 Å². The van der Waals surface area contributed by atoms with Crippen LogP contribution in [0.3, 0.4) is 0 Å². The number of hydrogen-bond acceptors (Lipinski definition) is 4. The predicted molar refractivity (Wildman–Crippen MR) is 114 cm³/mol. The van der Waals surface area contributed by atoms with Gasteiger partial charge in [0, 0.05) is 5.56 Å². The zero-order valence-electron chi connectivity index (χ0n) is 15.9. The Labute approximate surface area is 172 Å². The molecule has 0 bridgehead atoms. The van der Waals surface area contributed by atoms with Gasteiger partial charge in [-0.2, -0.15) is 0 Å². The van der Waals surface area contributed by atoms with Gasteiger partial charge in [-0.15, -0.1) is 0 Å². The summed E-state index contributed by atoms with van der Waals surface area (Å²) in [6, 6.07) is 25.5. The minimum Gasteiger partial charge on any atom is -0.452 e. The lowest BCUT2D eigenvalue weighted by Gasteiger charge is -2.12.